The summed E-state index contributed by atoms with van der Waals surface area (Å²) in [5.74, 6) is 1.74. The van der Waals surface area contributed by atoms with Gasteiger partial charge in [0, 0.05) is 0 Å². The highest BCUT2D eigenvalue weighted by Gasteiger charge is 2.63. The number of hydrogen-bond donors (Lipinski definition) is 2. The summed E-state index contributed by atoms with van der Waals surface area (Å²) in [4.78, 5) is 12.9. The number of carbonyl (C=O) groups is 1. The summed E-state index contributed by atoms with van der Waals surface area (Å²) in [6, 6.07) is 0. The first-order chi connectivity index (χ1) is 13.9. The van der Waals surface area contributed by atoms with E-state index in [2.05, 4.69) is 20.3 Å². The van der Waals surface area contributed by atoms with Crippen LogP contribution in [0.1, 0.15) is 86.5 Å². The van der Waals surface area contributed by atoms with E-state index in [1.165, 1.54) is 0 Å². The van der Waals surface area contributed by atoms with Crippen molar-refractivity contribution in [2.24, 2.45) is 46.3 Å². The molecular weight excluding hydrogens is 376 g/mol. The number of rotatable bonds is 2. The Balaban J connectivity index is 1.56. The van der Waals surface area contributed by atoms with E-state index in [-0.39, 0.29) is 40.8 Å². The Hall–Kier alpha value is -0.610. The molecule has 0 aliphatic heterocycles. The van der Waals surface area contributed by atoms with Gasteiger partial charge in [-0.05, 0) is 113 Å². The lowest BCUT2D eigenvalue weighted by Crippen LogP contribution is -2.59. The van der Waals surface area contributed by atoms with Crippen LogP contribution in [0.3, 0.4) is 0 Å². The third-order valence-electron chi connectivity index (χ3n) is 9.83. The van der Waals surface area contributed by atoms with E-state index in [0.717, 1.165) is 44.9 Å². The molecule has 3 unspecified atom stereocenters. The summed E-state index contributed by atoms with van der Waals surface area (Å²) in [6.45, 7) is 12.6. The molecule has 0 spiro atoms. The molecule has 4 rings (SSSR count). The van der Waals surface area contributed by atoms with Gasteiger partial charge in [0.2, 0.25) is 0 Å². The number of fused-ring (bicyclic) bond motifs is 5. The fourth-order valence-corrected chi connectivity index (χ4v) is 8.28. The van der Waals surface area contributed by atoms with Crippen LogP contribution in [0, 0.1) is 52.8 Å². The van der Waals surface area contributed by atoms with E-state index in [1.807, 2.05) is 27.7 Å². The second-order valence-corrected chi connectivity index (χ2v) is 12.5. The Bertz CT molecular complexity index is 668. The quantitative estimate of drug-likeness (QED) is 0.633. The zero-order valence-electron chi connectivity index (χ0n) is 19.9. The van der Waals surface area contributed by atoms with Crippen molar-refractivity contribution >= 4 is 5.97 Å². The molecule has 4 fully saturated rings. The second-order valence-electron chi connectivity index (χ2n) is 12.5. The molecule has 171 valence electrons. The fourth-order valence-electron chi connectivity index (χ4n) is 8.28. The molecule has 0 bridgehead atoms. The van der Waals surface area contributed by atoms with Crippen LogP contribution in [-0.4, -0.2) is 34.0 Å². The predicted molar refractivity (Wildman–Crippen MR) is 117 cm³/mol. The second kappa shape index (κ2) is 7.47. The van der Waals surface area contributed by atoms with Crippen LogP contribution in [-0.2, 0) is 9.53 Å². The molecular formula is C26H43O4. The van der Waals surface area contributed by atoms with Crippen LogP contribution >= 0.6 is 0 Å². The Morgan fingerprint density at radius 2 is 1.80 bits per heavy atom. The molecule has 0 aromatic carbocycles. The molecule has 4 aliphatic carbocycles. The highest BCUT2D eigenvalue weighted by molar-refractivity contribution is 5.73. The topological polar surface area (TPSA) is 66.8 Å². The maximum absolute atomic E-state index is 12.9. The van der Waals surface area contributed by atoms with Crippen LogP contribution in [0.5, 0.6) is 0 Å². The third-order valence-corrected chi connectivity index (χ3v) is 9.83. The molecule has 4 saturated carbocycles. The van der Waals surface area contributed by atoms with Crippen LogP contribution in [0.25, 0.3) is 0 Å². The maximum atomic E-state index is 12.9. The number of aliphatic hydroxyl groups is 2. The fraction of sp³-hybridized carbons (Fsp3) is 0.923. The molecule has 4 heteroatoms. The summed E-state index contributed by atoms with van der Waals surface area (Å²) >= 11 is 0. The van der Waals surface area contributed by atoms with Gasteiger partial charge in [0.25, 0.3) is 0 Å². The molecule has 0 heterocycles. The molecule has 4 aliphatic rings. The monoisotopic (exact) mass is 419 g/mol. The standard InChI is InChI=1S/C26H43O4/c1-15(23(29)30-24(2,3)4)18-7-8-19-22-20(10-12-26(18,19)6)25(5)11-9-17(27)13-16(25)14-21(22)28/h12,15-22,27-28H,7-11,13-14H2,1-6H3/t15?,16-,17+,18+,19-,20?,21+,22?,25-,26+/m0/s1. The van der Waals surface area contributed by atoms with Gasteiger partial charge in [-0.2, -0.15) is 0 Å². The van der Waals surface area contributed by atoms with Gasteiger partial charge in [0.05, 0.1) is 18.1 Å². The Kier molecular flexibility index (Phi) is 5.62. The first-order valence-electron chi connectivity index (χ1n) is 12.3. The van der Waals surface area contributed by atoms with Gasteiger partial charge in [-0.3, -0.25) is 4.79 Å². The molecule has 1 radical (unpaired) electrons. The smallest absolute Gasteiger partial charge is 0.309 e. The number of hydrogen-bond acceptors (Lipinski definition) is 4. The average molecular weight is 420 g/mol. The first kappa shape index (κ1) is 22.6. The van der Waals surface area contributed by atoms with Crippen molar-refractivity contribution in [2.45, 2.75) is 104 Å². The van der Waals surface area contributed by atoms with E-state index in [0.29, 0.717) is 23.7 Å². The van der Waals surface area contributed by atoms with Crippen molar-refractivity contribution in [1.82, 2.24) is 0 Å². The molecule has 0 aromatic rings. The zero-order valence-corrected chi connectivity index (χ0v) is 19.9. The Labute approximate surface area is 183 Å². The Morgan fingerprint density at radius 3 is 2.47 bits per heavy atom. The summed E-state index contributed by atoms with van der Waals surface area (Å²) in [5, 5.41) is 21.5. The van der Waals surface area contributed by atoms with Crippen LogP contribution in [0.4, 0.5) is 0 Å². The van der Waals surface area contributed by atoms with Crippen molar-refractivity contribution in [3.63, 3.8) is 0 Å². The van der Waals surface area contributed by atoms with Crippen LogP contribution < -0.4 is 0 Å². The van der Waals surface area contributed by atoms with Crippen molar-refractivity contribution in [3.8, 4) is 0 Å². The summed E-state index contributed by atoms with van der Waals surface area (Å²) in [7, 11) is 0. The number of esters is 1. The van der Waals surface area contributed by atoms with E-state index in [1.54, 1.807) is 0 Å². The molecule has 4 nitrogen and oxygen atoms in total. The highest BCUT2D eigenvalue weighted by Crippen LogP contribution is 2.68. The van der Waals surface area contributed by atoms with Gasteiger partial charge >= 0.3 is 5.97 Å². The molecule has 30 heavy (non-hydrogen) atoms. The van der Waals surface area contributed by atoms with Gasteiger partial charge in [-0.1, -0.05) is 20.8 Å². The largest absolute Gasteiger partial charge is 0.460 e. The van der Waals surface area contributed by atoms with Gasteiger partial charge < -0.3 is 14.9 Å². The van der Waals surface area contributed by atoms with E-state index < -0.39 is 5.60 Å². The van der Waals surface area contributed by atoms with Crippen LogP contribution in [0.15, 0.2) is 0 Å². The Morgan fingerprint density at radius 1 is 1.10 bits per heavy atom. The lowest BCUT2D eigenvalue weighted by atomic mass is 9.43. The van der Waals surface area contributed by atoms with Crippen molar-refractivity contribution in [3.05, 3.63) is 6.42 Å². The van der Waals surface area contributed by atoms with E-state index in [4.69, 9.17) is 4.74 Å². The van der Waals surface area contributed by atoms with Gasteiger partial charge in [0.1, 0.15) is 5.60 Å². The first-order valence-corrected chi connectivity index (χ1v) is 12.3. The lowest BCUT2D eigenvalue weighted by molar-refractivity contribution is -0.169. The normalized spacial score (nSPS) is 49.5. The van der Waals surface area contributed by atoms with Crippen LogP contribution in [0.2, 0.25) is 0 Å². The summed E-state index contributed by atoms with van der Waals surface area (Å²) in [6.07, 6.45) is 8.83. The van der Waals surface area contributed by atoms with Crippen molar-refractivity contribution in [1.29, 1.82) is 0 Å². The van der Waals surface area contributed by atoms with Gasteiger partial charge in [-0.15, -0.1) is 0 Å². The minimum Gasteiger partial charge on any atom is -0.460 e. The minimum atomic E-state index is -0.458. The SMILES string of the molecule is CC(C(=O)OC(C)(C)C)[C@H]1CC[C@H]2C3C(C[CH][C@]12C)[C@@]1(C)CC[C@@H](O)C[C@H]1C[C@H]3O. The number of carbonyl (C=O) groups excluding carboxylic acids is 1. The molecule has 0 aromatic heterocycles. The van der Waals surface area contributed by atoms with Gasteiger partial charge in [-0.25, -0.2) is 0 Å². The third kappa shape index (κ3) is 3.54. The zero-order chi connectivity index (χ0) is 22.1. The number of aliphatic hydroxyl groups excluding tert-OH is 2. The lowest BCUT2D eigenvalue weighted by Gasteiger charge is -2.62. The van der Waals surface area contributed by atoms with E-state index >= 15 is 0 Å². The molecule has 2 N–H and O–H groups in total. The highest BCUT2D eigenvalue weighted by atomic mass is 16.6. The summed E-state index contributed by atoms with van der Waals surface area (Å²) in [5.41, 5.74) is -0.258. The molecule has 0 amide bonds. The predicted octanol–water partition coefficient (Wildman–Crippen LogP) is 4.77. The van der Waals surface area contributed by atoms with Crippen molar-refractivity contribution in [2.75, 3.05) is 0 Å². The molecule has 10 atom stereocenters. The maximum Gasteiger partial charge on any atom is 0.309 e. The molecule has 0 saturated heterocycles. The summed E-state index contributed by atoms with van der Waals surface area (Å²) < 4.78 is 5.74. The van der Waals surface area contributed by atoms with Crippen molar-refractivity contribution < 1.29 is 19.7 Å². The van der Waals surface area contributed by atoms with Gasteiger partial charge in [0.15, 0.2) is 0 Å². The average Bonchev–Trinajstić information content (AvgIpc) is 2.98. The number of ether oxygens (including phenoxy) is 1. The van der Waals surface area contributed by atoms with E-state index in [9.17, 15) is 15.0 Å². The minimum absolute atomic E-state index is 0.0180.